The molecule has 0 fully saturated rings. The molecule has 0 heterocycles. The van der Waals surface area contributed by atoms with Gasteiger partial charge in [-0.05, 0) is 85.8 Å². The van der Waals surface area contributed by atoms with Gasteiger partial charge >= 0.3 is 0 Å². The largest absolute Gasteiger partial charge is 0.0895 e. The summed E-state index contributed by atoms with van der Waals surface area (Å²) in [6.45, 7) is 9.28. The number of rotatable bonds is 26. The fourth-order valence-electron chi connectivity index (χ4n) is 6.22. The van der Waals surface area contributed by atoms with Gasteiger partial charge in [-0.25, -0.2) is 0 Å². The third-order valence-corrected chi connectivity index (χ3v) is 10.0. The van der Waals surface area contributed by atoms with Gasteiger partial charge in [0.1, 0.15) is 0 Å². The van der Waals surface area contributed by atoms with E-state index < -0.39 is 0 Å². The minimum absolute atomic E-state index is 1.25. The molecule has 0 saturated carbocycles. The van der Waals surface area contributed by atoms with Crippen LogP contribution < -0.4 is 0 Å². The second-order valence-electron chi connectivity index (χ2n) is 12.5. The molecule has 0 atom stereocenters. The van der Waals surface area contributed by atoms with Gasteiger partial charge in [-0.15, -0.1) is 0 Å². The molecule has 0 N–H and O–H groups in total. The Hall–Kier alpha value is -1.21. The van der Waals surface area contributed by atoms with Gasteiger partial charge in [0, 0.05) is 9.79 Å². The van der Waals surface area contributed by atoms with Crippen molar-refractivity contribution in [2.45, 2.75) is 192 Å². The Balaban J connectivity index is 2.25. The highest BCUT2D eigenvalue weighted by atomic mass is 32.2. The summed E-state index contributed by atoms with van der Waals surface area (Å²) in [5.41, 5.74) is 6.61. The van der Waals surface area contributed by atoms with Gasteiger partial charge in [-0.1, -0.05) is 166 Å². The van der Waals surface area contributed by atoms with Gasteiger partial charge in [0.15, 0.2) is 0 Å². The van der Waals surface area contributed by atoms with Gasteiger partial charge in [0.2, 0.25) is 0 Å². The molecule has 2 rings (SSSR count). The molecule has 2 aromatic rings. The summed E-state index contributed by atoms with van der Waals surface area (Å²) in [6, 6.07) is 14.5. The molecule has 0 aliphatic rings. The van der Waals surface area contributed by atoms with E-state index in [9.17, 15) is 0 Å². The summed E-state index contributed by atoms with van der Waals surface area (Å²) in [5.74, 6) is 0. The highest BCUT2D eigenvalue weighted by molar-refractivity contribution is 7.99. The van der Waals surface area contributed by atoms with Crippen LogP contribution in [0.25, 0.3) is 0 Å². The maximum Gasteiger partial charge on any atom is 0.0157 e. The zero-order valence-electron chi connectivity index (χ0n) is 27.8. The molecule has 0 aliphatic carbocycles. The minimum atomic E-state index is 1.25. The summed E-state index contributed by atoms with van der Waals surface area (Å²) in [5, 5.41) is 0. The predicted molar refractivity (Wildman–Crippen MR) is 187 cm³/mol. The fourth-order valence-corrected chi connectivity index (χ4v) is 7.46. The Labute approximate surface area is 261 Å². The van der Waals surface area contributed by atoms with E-state index in [4.69, 9.17) is 0 Å². The maximum atomic E-state index is 2.45. The first-order valence-electron chi connectivity index (χ1n) is 18.1. The summed E-state index contributed by atoms with van der Waals surface area (Å²) in [7, 11) is 0. The molecule has 0 aromatic heterocycles. The first kappa shape index (κ1) is 36.0. The zero-order chi connectivity index (χ0) is 29.4. The van der Waals surface area contributed by atoms with Crippen molar-refractivity contribution >= 4 is 11.8 Å². The van der Waals surface area contributed by atoms with E-state index >= 15 is 0 Å². The molecule has 2 aromatic carbocycles. The van der Waals surface area contributed by atoms with Crippen molar-refractivity contribution in [3.05, 3.63) is 58.7 Å². The molecule has 1 heteroatoms. The van der Waals surface area contributed by atoms with Crippen LogP contribution in [0.15, 0.2) is 46.2 Å². The molecule has 0 saturated heterocycles. The monoisotopic (exact) mass is 578 g/mol. The fraction of sp³-hybridized carbons (Fsp3) is 0.700. The van der Waals surface area contributed by atoms with Crippen molar-refractivity contribution in [1.29, 1.82) is 0 Å². The second-order valence-corrected chi connectivity index (χ2v) is 13.6. The van der Waals surface area contributed by atoms with E-state index in [0.29, 0.717) is 0 Å². The second kappa shape index (κ2) is 24.3. The van der Waals surface area contributed by atoms with Gasteiger partial charge in [0.25, 0.3) is 0 Å². The average Bonchev–Trinajstić information content (AvgIpc) is 2.98. The van der Waals surface area contributed by atoms with E-state index in [1.807, 2.05) is 0 Å². The van der Waals surface area contributed by atoms with Crippen LogP contribution in [0, 0.1) is 0 Å². The molecule has 0 unspecified atom stereocenters. The molecular formula is C40H66S. The molecule has 0 amide bonds. The van der Waals surface area contributed by atoms with E-state index in [2.05, 4.69) is 75.9 Å². The quantitative estimate of drug-likeness (QED) is 0.100. The number of hydrogen-bond donors (Lipinski definition) is 0. The first-order valence-corrected chi connectivity index (χ1v) is 19.0. The minimum Gasteiger partial charge on any atom is -0.0895 e. The molecular weight excluding hydrogens is 513 g/mol. The summed E-state index contributed by atoms with van der Waals surface area (Å²) >= 11 is 2.10. The lowest BCUT2D eigenvalue weighted by molar-refractivity contribution is 0.617. The smallest absolute Gasteiger partial charge is 0.0157 e. The number of hydrogen-bond acceptors (Lipinski definition) is 1. The van der Waals surface area contributed by atoms with Crippen LogP contribution in [0.3, 0.4) is 0 Å². The standard InChI is InChI=1S/C40H66S/c1-5-9-13-17-21-27-35-29-25-33-39(37(35)31-23-19-15-11-7-3)41-40-34-26-30-36(28-22-18-14-10-6-2)38(40)32-24-20-16-12-8-4/h25-26,29-30,33-34H,5-24,27-28,31-32H2,1-4H3. The lowest BCUT2D eigenvalue weighted by atomic mass is 9.96. The van der Waals surface area contributed by atoms with Crippen LogP contribution in [-0.2, 0) is 25.7 Å². The van der Waals surface area contributed by atoms with Crippen LogP contribution in [0.5, 0.6) is 0 Å². The van der Waals surface area contributed by atoms with Crippen LogP contribution in [-0.4, -0.2) is 0 Å². The Kier molecular flexibility index (Phi) is 21.3. The lowest BCUT2D eigenvalue weighted by Gasteiger charge is -2.19. The van der Waals surface area contributed by atoms with Crippen LogP contribution in [0.4, 0.5) is 0 Å². The van der Waals surface area contributed by atoms with Crippen molar-refractivity contribution < 1.29 is 0 Å². The zero-order valence-corrected chi connectivity index (χ0v) is 28.7. The number of unbranched alkanes of at least 4 members (excludes halogenated alkanes) is 16. The Bertz CT molecular complexity index is 824. The maximum absolute atomic E-state index is 2.45. The Morgan fingerprint density at radius 3 is 1.02 bits per heavy atom. The molecule has 0 aliphatic heterocycles. The van der Waals surface area contributed by atoms with Crippen molar-refractivity contribution in [2.24, 2.45) is 0 Å². The molecule has 0 nitrogen and oxygen atoms in total. The molecule has 0 bridgehead atoms. The average molecular weight is 579 g/mol. The van der Waals surface area contributed by atoms with Gasteiger partial charge in [-0.2, -0.15) is 0 Å². The molecule has 0 radical (unpaired) electrons. The van der Waals surface area contributed by atoms with Gasteiger partial charge in [0.05, 0.1) is 0 Å². The van der Waals surface area contributed by atoms with Crippen LogP contribution >= 0.6 is 11.8 Å². The third-order valence-electron chi connectivity index (χ3n) is 8.84. The first-order chi connectivity index (χ1) is 20.2. The lowest BCUT2D eigenvalue weighted by Crippen LogP contribution is -2.01. The third kappa shape index (κ3) is 15.2. The topological polar surface area (TPSA) is 0 Å². The molecule has 41 heavy (non-hydrogen) atoms. The Morgan fingerprint density at radius 1 is 0.366 bits per heavy atom. The molecule has 0 spiro atoms. The van der Waals surface area contributed by atoms with E-state index in [1.165, 1.54) is 154 Å². The Morgan fingerprint density at radius 2 is 0.683 bits per heavy atom. The predicted octanol–water partition coefficient (Wildman–Crippen LogP) is 13.9. The van der Waals surface area contributed by atoms with Crippen LogP contribution in [0.1, 0.15) is 178 Å². The number of aryl methyl sites for hydroxylation is 2. The highest BCUT2D eigenvalue weighted by Gasteiger charge is 2.14. The van der Waals surface area contributed by atoms with Crippen LogP contribution in [0.2, 0.25) is 0 Å². The highest BCUT2D eigenvalue weighted by Crippen LogP contribution is 2.37. The van der Waals surface area contributed by atoms with Crippen molar-refractivity contribution in [3.63, 3.8) is 0 Å². The van der Waals surface area contributed by atoms with E-state index in [0.717, 1.165) is 0 Å². The molecule has 232 valence electrons. The summed E-state index contributed by atoms with van der Waals surface area (Å²) in [6.07, 6.45) is 32.3. The van der Waals surface area contributed by atoms with Crippen molar-refractivity contribution in [2.75, 3.05) is 0 Å². The SMILES string of the molecule is CCCCCCCc1cccc(Sc2cccc(CCCCCCC)c2CCCCCCC)c1CCCCCCC. The normalized spacial score (nSPS) is 11.4. The van der Waals surface area contributed by atoms with E-state index in [1.54, 1.807) is 32.0 Å². The number of benzene rings is 2. The van der Waals surface area contributed by atoms with E-state index in [-0.39, 0.29) is 0 Å². The van der Waals surface area contributed by atoms with Crippen molar-refractivity contribution in [1.82, 2.24) is 0 Å². The summed E-state index contributed by atoms with van der Waals surface area (Å²) in [4.78, 5) is 3.08. The van der Waals surface area contributed by atoms with Gasteiger partial charge < -0.3 is 0 Å². The van der Waals surface area contributed by atoms with Crippen molar-refractivity contribution in [3.8, 4) is 0 Å². The van der Waals surface area contributed by atoms with Gasteiger partial charge in [-0.3, -0.25) is 0 Å². The summed E-state index contributed by atoms with van der Waals surface area (Å²) < 4.78 is 0.